The molecule has 4 aliphatic heterocycles. The highest BCUT2D eigenvalue weighted by Gasteiger charge is 2.53. The zero-order valence-electron chi connectivity index (χ0n) is 76.9. The molecule has 4 fully saturated rings. The van der Waals surface area contributed by atoms with Crippen LogP contribution in [0.15, 0.2) is 108 Å². The fourth-order valence-electron chi connectivity index (χ4n) is 17.4. The van der Waals surface area contributed by atoms with Crippen LogP contribution in [0.25, 0.3) is 33.4 Å². The zero-order chi connectivity index (χ0) is 94.8. The van der Waals surface area contributed by atoms with Gasteiger partial charge < -0.3 is 105 Å². The average molecular weight is 1850 g/mol. The summed E-state index contributed by atoms with van der Waals surface area (Å²) >= 11 is 0. The molecule has 0 spiro atoms. The lowest BCUT2D eigenvalue weighted by Crippen LogP contribution is -2.61. The summed E-state index contributed by atoms with van der Waals surface area (Å²) in [4.78, 5) is 146. The standard InChI is InChI=1S/C92H127N21O20/c1-55-16-10-9-11-17-56(2)73(125-7)45-66-22-19-60(6)92(124,133-66)82(119)86(121)111-28-14-12-18-70(111)87(122)131-74(46-71(114)57(3)41-59(5)80(117)81(118)79(116)58(4)40-55)67(93)42-61-20-23-69(75(43-61)126-8)113-52-65(106-108-113)53-130-91(123)97-27-35-128-37-39-129-38-36-127-34-25-76(115)98-47-62-48-99-89(100-49-62)109-30-32-110(33-31-109)90-101-50-64(51-102-90)85(120)96-26-13-15-29-112-84-77(83(94)103-54-104-84)78(107-112)63-21-24-72-68(44-63)105-88(95)132-72/h9-11,16-17,21,24,41,44,48-52,54-55,57-58,60-61,66-67,69-70,73-75,80-81,117-118,124H,12-15,18-20,22-23,25-40,42-43,45-47,53,93H2,1-8H3,(H2,95,105)(H,96,120)(H,97,123)(H,98,115)(H2,94,103,104)/b11-9?,16-10+,56-17?,59-41+/t55-,57-,58-,60-,61+,66+,67-,69+,70+,73+,74+,75-,80-,81+,92-/m1/s1. The number of esters is 1. The summed E-state index contributed by atoms with van der Waals surface area (Å²) in [5, 5.41) is 57.3. The van der Waals surface area contributed by atoms with Gasteiger partial charge in [-0.25, -0.2) is 48.9 Å². The Hall–Kier alpha value is -11.5. The second kappa shape index (κ2) is 48.4. The number of alkyl carbamates (subject to hydrolysis) is 1. The van der Waals surface area contributed by atoms with E-state index in [-0.39, 0.29) is 133 Å². The van der Waals surface area contributed by atoms with Gasteiger partial charge in [-0.1, -0.05) is 69.4 Å². The number of Topliss-reactive ketones (excluding diaryl/α,β-unsaturated/α-hetero) is 3. The van der Waals surface area contributed by atoms with Crippen LogP contribution < -0.4 is 43.0 Å². The predicted molar refractivity (Wildman–Crippen MR) is 487 cm³/mol. The maximum Gasteiger partial charge on any atom is 0.407 e. The van der Waals surface area contributed by atoms with Crippen LogP contribution in [0.5, 0.6) is 0 Å². The van der Waals surface area contributed by atoms with Gasteiger partial charge in [0.2, 0.25) is 23.6 Å². The monoisotopic (exact) mass is 1850 g/mol. The van der Waals surface area contributed by atoms with Gasteiger partial charge in [0.25, 0.3) is 23.6 Å². The van der Waals surface area contributed by atoms with Crippen LogP contribution in [0.2, 0.25) is 0 Å². The molecule has 4 amide bonds. The largest absolute Gasteiger partial charge is 0.459 e. The molecule has 6 aromatic heterocycles. The number of fused-ring (bicyclic) bond motifs is 5. The first-order chi connectivity index (χ1) is 64.1. The number of carbonyl (C=O) groups excluding carboxylic acids is 8. The molecule has 3 saturated heterocycles. The van der Waals surface area contributed by atoms with Crippen molar-refractivity contribution in [3.05, 3.63) is 120 Å². The van der Waals surface area contributed by atoms with E-state index in [9.17, 15) is 53.7 Å². The van der Waals surface area contributed by atoms with E-state index in [1.54, 1.807) is 69.0 Å². The Kier molecular flexibility index (Phi) is 36.6. The fourth-order valence-corrected chi connectivity index (χ4v) is 17.4. The van der Waals surface area contributed by atoms with Gasteiger partial charge in [0.05, 0.1) is 81.1 Å². The number of nitrogen functional groups attached to an aromatic ring is 2. The third-order valence-corrected chi connectivity index (χ3v) is 25.2. The number of nitrogens with one attached hydrogen (secondary N) is 3. The number of aromatic nitrogens is 12. The second-order valence-corrected chi connectivity index (χ2v) is 35.0. The number of hydrogen-bond acceptors (Lipinski definition) is 35. The van der Waals surface area contributed by atoms with Crippen molar-refractivity contribution in [2.75, 3.05) is 121 Å². The highest BCUT2D eigenvalue weighted by Crippen LogP contribution is 2.40. The second-order valence-electron chi connectivity index (χ2n) is 35.0. The Morgan fingerprint density at radius 1 is 0.744 bits per heavy atom. The number of ketones is 3. The summed E-state index contributed by atoms with van der Waals surface area (Å²) < 4.78 is 55.5. The van der Waals surface area contributed by atoms with Gasteiger partial charge in [-0.05, 0) is 132 Å². The van der Waals surface area contributed by atoms with Gasteiger partial charge >= 0.3 is 12.1 Å². The van der Waals surface area contributed by atoms with Crippen molar-refractivity contribution in [2.45, 2.75) is 218 Å². The number of piperazine rings is 1. The normalized spacial score (nSPS) is 25.8. The molecule has 1 aliphatic carbocycles. The Morgan fingerprint density at radius 3 is 2.20 bits per heavy atom. The molecule has 41 nitrogen and oxygen atoms in total. The van der Waals surface area contributed by atoms with E-state index in [4.69, 9.17) is 64.6 Å². The number of anilines is 4. The number of aryl methyl sites for hydroxylation is 1. The van der Waals surface area contributed by atoms with Gasteiger partial charge in [-0.3, -0.25) is 28.8 Å². The van der Waals surface area contributed by atoms with Crippen LogP contribution in [-0.4, -0.2) is 281 Å². The number of carbonyl (C=O) groups is 8. The molecule has 1 saturated carbocycles. The summed E-state index contributed by atoms with van der Waals surface area (Å²) in [6.07, 6.45) is 18.8. The van der Waals surface area contributed by atoms with Crippen LogP contribution in [0.4, 0.5) is 28.5 Å². The van der Waals surface area contributed by atoms with E-state index in [0.29, 0.717) is 160 Å². The van der Waals surface area contributed by atoms with Crippen LogP contribution in [0, 0.1) is 29.6 Å². The van der Waals surface area contributed by atoms with Crippen molar-refractivity contribution in [3.63, 3.8) is 0 Å². The summed E-state index contributed by atoms with van der Waals surface area (Å²) in [5.74, 6) is -8.39. The van der Waals surface area contributed by atoms with Crippen molar-refractivity contribution in [1.29, 1.82) is 0 Å². The zero-order valence-corrected chi connectivity index (χ0v) is 76.9. The molecule has 41 heteroatoms. The molecule has 720 valence electrons. The Labute approximate surface area is 771 Å². The number of hydrogen-bond donors (Lipinski definition) is 9. The number of unbranched alkanes of at least 4 members (excludes halogenated alkanes) is 1. The SMILES string of the molecule is CO[C@H]1C[C@@H]2CC[C@@H](C)[C@@](O)(O2)C(=O)C(=O)N2CCCC[C@H]2C(=O)O[C@H]([C@H](N)C[C@@H]2CC[C@H](n3cc(COC(=O)NCCOCCOCCOCCC(=O)NCc4cnc(N5CCN(c6ncc(C(=O)NCCCCn7nc(-c8ccc9oc(N)nc9c8)c8c(N)ncnc87)cn6)CC5)nc4)nn3)[C@H](OC)C2)CC(=O)[C@H](C)/C=C(\C)[C@@H](O)[C@@H](O)C(=O)[C@H](C)C[C@H](C)/C=C/C=CC=C1C. The van der Waals surface area contributed by atoms with E-state index in [0.717, 1.165) is 21.6 Å². The number of allylic oxidation sites excluding steroid dienone is 6. The van der Waals surface area contributed by atoms with Gasteiger partial charge in [0.1, 0.15) is 65.8 Å². The van der Waals surface area contributed by atoms with E-state index in [1.165, 1.54) is 31.7 Å². The minimum atomic E-state index is -2.52. The van der Waals surface area contributed by atoms with Gasteiger partial charge in [-0.15, -0.1) is 5.10 Å². The molecule has 12 N–H and O–H groups in total. The van der Waals surface area contributed by atoms with Crippen LogP contribution >= 0.6 is 0 Å². The molecule has 5 aliphatic rings. The maximum atomic E-state index is 14.7. The predicted octanol–water partition coefficient (Wildman–Crippen LogP) is 5.90. The van der Waals surface area contributed by atoms with Crippen molar-refractivity contribution >= 4 is 93.0 Å². The number of methoxy groups -OCH3 is 2. The fraction of sp³-hybridized carbons (Fsp3) is 0.587. The first kappa shape index (κ1) is 100. The molecule has 7 aromatic rings. The number of aliphatic hydroxyl groups excluding tert-OH is 2. The van der Waals surface area contributed by atoms with Crippen molar-refractivity contribution < 1.29 is 96.0 Å². The lowest BCUT2D eigenvalue weighted by atomic mass is 9.79. The number of nitrogens with two attached hydrogens (primary N) is 3. The van der Waals surface area contributed by atoms with Crippen molar-refractivity contribution in [1.82, 2.24) is 80.5 Å². The van der Waals surface area contributed by atoms with Gasteiger partial charge in [-0.2, -0.15) is 10.1 Å². The molecule has 10 heterocycles. The lowest BCUT2D eigenvalue weighted by molar-refractivity contribution is -0.265. The van der Waals surface area contributed by atoms with Gasteiger partial charge in [0, 0.05) is 152 Å². The Balaban J connectivity index is 0.512. The number of aliphatic hydroxyl groups is 3. The van der Waals surface area contributed by atoms with E-state index in [2.05, 4.69) is 66.1 Å². The minimum Gasteiger partial charge on any atom is -0.459 e. The highest BCUT2D eigenvalue weighted by molar-refractivity contribution is 6.39. The number of nitrogens with zero attached hydrogens (tertiary/aromatic N) is 15. The molecular weight excluding hydrogens is 1720 g/mol. The average Bonchev–Trinajstić information content (AvgIpc) is 1.49. The molecule has 2 bridgehead atoms. The van der Waals surface area contributed by atoms with E-state index in [1.807, 2.05) is 61.3 Å². The first-order valence-corrected chi connectivity index (χ1v) is 45.8. The topological polar surface area (TPSA) is 547 Å². The quantitative estimate of drug-likeness (QED) is 0.0106. The van der Waals surface area contributed by atoms with Crippen LogP contribution in [0.1, 0.15) is 166 Å². The van der Waals surface area contributed by atoms with Crippen molar-refractivity contribution in [2.24, 2.45) is 35.3 Å². The molecule has 0 unspecified atom stereocenters. The third kappa shape index (κ3) is 27.2. The van der Waals surface area contributed by atoms with E-state index < -0.39 is 114 Å². The van der Waals surface area contributed by atoms with Crippen molar-refractivity contribution in [3.8, 4) is 11.3 Å². The Bertz CT molecular complexity index is 5210. The number of benzene rings is 1. The summed E-state index contributed by atoms with van der Waals surface area (Å²) in [5.41, 5.74) is 24.7. The number of ether oxygens (including phenoxy) is 8. The number of amides is 4. The smallest absolute Gasteiger partial charge is 0.407 e. The number of piperidine rings is 1. The van der Waals surface area contributed by atoms with Gasteiger partial charge in [0.15, 0.2) is 17.0 Å². The number of rotatable bonds is 31. The minimum absolute atomic E-state index is 0.00422. The molecule has 12 rings (SSSR count). The molecular formula is C92H127N21O20. The third-order valence-electron chi connectivity index (χ3n) is 25.2. The summed E-state index contributed by atoms with van der Waals surface area (Å²) in [6, 6.07) is 3.00. The number of oxazole rings is 1. The highest BCUT2D eigenvalue weighted by atomic mass is 16.6. The molecule has 15 atom stereocenters. The molecule has 133 heavy (non-hydrogen) atoms. The summed E-state index contributed by atoms with van der Waals surface area (Å²) in [6.45, 7) is 15.3. The van der Waals surface area contributed by atoms with Crippen LogP contribution in [0.3, 0.4) is 0 Å². The summed E-state index contributed by atoms with van der Waals surface area (Å²) in [7, 11) is 3.12. The molecule has 1 aromatic carbocycles. The molecule has 0 radical (unpaired) electrons. The Morgan fingerprint density at radius 2 is 1.47 bits per heavy atom. The van der Waals surface area contributed by atoms with Crippen LogP contribution in [-0.2, 0) is 86.4 Å². The maximum absolute atomic E-state index is 14.7. The first-order valence-electron chi connectivity index (χ1n) is 45.8. The number of cyclic esters (lactones) is 1. The van der Waals surface area contributed by atoms with E-state index >= 15 is 0 Å². The lowest BCUT2D eigenvalue weighted by Gasteiger charge is -2.42.